The summed E-state index contributed by atoms with van der Waals surface area (Å²) in [4.78, 5) is 24.5. The van der Waals surface area contributed by atoms with Gasteiger partial charge in [-0.3, -0.25) is 9.59 Å². The third-order valence-corrected chi connectivity index (χ3v) is 7.31. The van der Waals surface area contributed by atoms with Gasteiger partial charge in [0.1, 0.15) is 0 Å². The molecule has 1 N–H and O–H groups in total. The minimum absolute atomic E-state index is 0.0239. The zero-order valence-corrected chi connectivity index (χ0v) is 18.8. The number of sulfonamides is 1. The van der Waals surface area contributed by atoms with Crippen LogP contribution in [0.2, 0.25) is 5.02 Å². The topological polar surface area (TPSA) is 92.8 Å². The average molecular weight is 465 g/mol. The summed E-state index contributed by atoms with van der Waals surface area (Å²) in [7, 11) is -3.76. The van der Waals surface area contributed by atoms with Crippen molar-refractivity contribution < 1.29 is 22.7 Å². The van der Waals surface area contributed by atoms with E-state index in [0.717, 1.165) is 5.69 Å². The Labute approximate surface area is 187 Å². The van der Waals surface area contributed by atoms with Gasteiger partial charge in [-0.1, -0.05) is 23.7 Å². The first-order chi connectivity index (χ1) is 14.8. The predicted octanol–water partition coefficient (Wildman–Crippen LogP) is 3.60. The average Bonchev–Trinajstić information content (AvgIpc) is 2.79. The second-order valence-electron chi connectivity index (χ2n) is 7.24. The van der Waals surface area contributed by atoms with Gasteiger partial charge < -0.3 is 10.1 Å². The Balaban J connectivity index is 1.65. The highest BCUT2D eigenvalue weighted by atomic mass is 35.5. The molecular weight excluding hydrogens is 440 g/mol. The monoisotopic (exact) mass is 464 g/mol. The Morgan fingerprint density at radius 3 is 2.45 bits per heavy atom. The zero-order valence-electron chi connectivity index (χ0n) is 17.2. The highest BCUT2D eigenvalue weighted by Gasteiger charge is 2.32. The molecule has 0 radical (unpaired) electrons. The van der Waals surface area contributed by atoms with Crippen LogP contribution in [0.15, 0.2) is 53.4 Å². The molecule has 1 fully saturated rings. The summed E-state index contributed by atoms with van der Waals surface area (Å²) in [5.74, 6) is -0.786. The number of nitrogens with one attached hydrogen (secondary N) is 1. The summed E-state index contributed by atoms with van der Waals surface area (Å²) in [5.41, 5.74) is 1.05. The van der Waals surface area contributed by atoms with Crippen LogP contribution >= 0.6 is 11.6 Å². The van der Waals surface area contributed by atoms with Crippen molar-refractivity contribution in [2.45, 2.75) is 24.7 Å². The lowest BCUT2D eigenvalue weighted by molar-refractivity contribution is -0.149. The summed E-state index contributed by atoms with van der Waals surface area (Å²) in [5, 5.41) is 3.60. The standard InChI is InChI=1S/C22H25ClN2O5S/c1-2-30-22(27)16-10-12-25(13-11-16)31(28,29)20-5-3-4-17(14-20)21(26)15-24-19-8-6-18(23)7-9-19/h3-9,14,16,24H,2,10-13,15H2,1H3. The first-order valence-electron chi connectivity index (χ1n) is 10.1. The van der Waals surface area contributed by atoms with E-state index in [2.05, 4.69) is 5.32 Å². The Morgan fingerprint density at radius 1 is 1.13 bits per heavy atom. The Morgan fingerprint density at radius 2 is 1.81 bits per heavy atom. The quantitative estimate of drug-likeness (QED) is 0.474. The van der Waals surface area contributed by atoms with E-state index < -0.39 is 10.0 Å². The van der Waals surface area contributed by atoms with Crippen molar-refractivity contribution in [3.8, 4) is 0 Å². The van der Waals surface area contributed by atoms with Crippen molar-refractivity contribution in [2.75, 3.05) is 31.6 Å². The molecule has 0 atom stereocenters. The fraction of sp³-hybridized carbons (Fsp3) is 0.364. The third kappa shape index (κ3) is 5.84. The number of piperidine rings is 1. The normalized spacial score (nSPS) is 15.4. The molecule has 2 aromatic rings. The number of carbonyl (C=O) groups is 2. The van der Waals surface area contributed by atoms with Crippen molar-refractivity contribution in [3.63, 3.8) is 0 Å². The van der Waals surface area contributed by atoms with Crippen LogP contribution in [-0.2, 0) is 19.6 Å². The molecule has 31 heavy (non-hydrogen) atoms. The molecule has 0 amide bonds. The van der Waals surface area contributed by atoms with Crippen LogP contribution in [0.3, 0.4) is 0 Å². The van der Waals surface area contributed by atoms with E-state index in [1.165, 1.54) is 16.4 Å². The molecule has 0 saturated carbocycles. The fourth-order valence-electron chi connectivity index (χ4n) is 3.42. The van der Waals surface area contributed by atoms with Crippen LogP contribution in [0.1, 0.15) is 30.1 Å². The van der Waals surface area contributed by atoms with Crippen LogP contribution in [0, 0.1) is 5.92 Å². The Hall–Kier alpha value is -2.42. The van der Waals surface area contributed by atoms with E-state index in [4.69, 9.17) is 16.3 Å². The van der Waals surface area contributed by atoms with Crippen LogP contribution < -0.4 is 5.32 Å². The molecule has 0 unspecified atom stereocenters. The fourth-order valence-corrected chi connectivity index (χ4v) is 5.07. The molecule has 1 aliphatic rings. The highest BCUT2D eigenvalue weighted by molar-refractivity contribution is 7.89. The maximum Gasteiger partial charge on any atom is 0.309 e. The molecule has 1 saturated heterocycles. The summed E-state index contributed by atoms with van der Waals surface area (Å²) < 4.78 is 32.5. The number of ketones is 1. The smallest absolute Gasteiger partial charge is 0.309 e. The van der Waals surface area contributed by atoms with E-state index in [1.54, 1.807) is 43.3 Å². The highest BCUT2D eigenvalue weighted by Crippen LogP contribution is 2.25. The summed E-state index contributed by atoms with van der Waals surface area (Å²) >= 11 is 5.85. The van der Waals surface area contributed by atoms with Crippen LogP contribution in [0.5, 0.6) is 0 Å². The number of hydrogen-bond donors (Lipinski definition) is 1. The molecule has 9 heteroatoms. The van der Waals surface area contributed by atoms with Gasteiger partial charge in [-0.05, 0) is 56.2 Å². The van der Waals surface area contributed by atoms with Crippen molar-refractivity contribution >= 4 is 39.1 Å². The first kappa shape index (κ1) is 23.2. The number of halogens is 1. The molecule has 166 valence electrons. The van der Waals surface area contributed by atoms with E-state index in [1.807, 2.05) is 0 Å². The SMILES string of the molecule is CCOC(=O)C1CCN(S(=O)(=O)c2cccc(C(=O)CNc3ccc(Cl)cc3)c2)CC1. The molecule has 7 nitrogen and oxygen atoms in total. The number of rotatable bonds is 8. The maximum atomic E-state index is 13.0. The van der Waals surface area contributed by atoms with Crippen molar-refractivity contribution in [3.05, 3.63) is 59.1 Å². The number of ether oxygens (including phenoxy) is 1. The van der Waals surface area contributed by atoms with E-state index >= 15 is 0 Å². The minimum atomic E-state index is -3.76. The van der Waals surface area contributed by atoms with Crippen LogP contribution in [-0.4, -0.2) is 50.7 Å². The molecular formula is C22H25ClN2O5S. The Kier molecular flexibility index (Phi) is 7.69. The number of esters is 1. The number of carbonyl (C=O) groups excluding carboxylic acids is 2. The molecule has 0 aliphatic carbocycles. The summed E-state index contributed by atoms with van der Waals surface area (Å²) in [6, 6.07) is 13.0. The summed E-state index contributed by atoms with van der Waals surface area (Å²) in [6.45, 7) is 2.56. The van der Waals surface area contributed by atoms with E-state index in [0.29, 0.717) is 30.0 Å². The largest absolute Gasteiger partial charge is 0.466 e. The van der Waals surface area contributed by atoms with Gasteiger partial charge >= 0.3 is 5.97 Å². The van der Waals surface area contributed by atoms with Gasteiger partial charge in [-0.15, -0.1) is 0 Å². The Bertz CT molecular complexity index is 1030. The lowest BCUT2D eigenvalue weighted by Crippen LogP contribution is -2.40. The lowest BCUT2D eigenvalue weighted by Gasteiger charge is -2.30. The number of hydrogen-bond acceptors (Lipinski definition) is 6. The van der Waals surface area contributed by atoms with Gasteiger partial charge in [-0.2, -0.15) is 4.31 Å². The van der Waals surface area contributed by atoms with Crippen LogP contribution in [0.4, 0.5) is 5.69 Å². The first-order valence-corrected chi connectivity index (χ1v) is 11.9. The zero-order chi connectivity index (χ0) is 22.4. The molecule has 1 aliphatic heterocycles. The van der Waals surface area contributed by atoms with Crippen molar-refractivity contribution in [1.29, 1.82) is 0 Å². The van der Waals surface area contributed by atoms with Crippen molar-refractivity contribution in [1.82, 2.24) is 4.31 Å². The van der Waals surface area contributed by atoms with Crippen molar-refractivity contribution in [2.24, 2.45) is 5.92 Å². The van der Waals surface area contributed by atoms with Gasteiger partial charge in [0.05, 0.1) is 24.0 Å². The van der Waals surface area contributed by atoms with Gasteiger partial charge in [0.25, 0.3) is 0 Å². The molecule has 2 aromatic carbocycles. The molecule has 1 heterocycles. The second-order valence-corrected chi connectivity index (χ2v) is 9.62. The molecule has 3 rings (SSSR count). The number of Topliss-reactive ketones (excluding diaryl/α,β-unsaturated/α-hetero) is 1. The molecule has 0 aromatic heterocycles. The van der Waals surface area contributed by atoms with Gasteiger partial charge in [0, 0.05) is 29.4 Å². The summed E-state index contributed by atoms with van der Waals surface area (Å²) in [6.07, 6.45) is 0.837. The number of nitrogens with zero attached hydrogens (tertiary/aromatic N) is 1. The maximum absolute atomic E-state index is 13.0. The number of anilines is 1. The van der Waals surface area contributed by atoms with Crippen LogP contribution in [0.25, 0.3) is 0 Å². The van der Waals surface area contributed by atoms with Gasteiger partial charge in [0.15, 0.2) is 5.78 Å². The third-order valence-electron chi connectivity index (χ3n) is 5.16. The van der Waals surface area contributed by atoms with E-state index in [9.17, 15) is 18.0 Å². The minimum Gasteiger partial charge on any atom is -0.466 e. The molecule has 0 spiro atoms. The van der Waals surface area contributed by atoms with Gasteiger partial charge in [-0.25, -0.2) is 8.42 Å². The second kappa shape index (κ2) is 10.3. The number of benzene rings is 2. The molecule has 0 bridgehead atoms. The van der Waals surface area contributed by atoms with E-state index in [-0.39, 0.29) is 42.2 Å². The predicted molar refractivity (Wildman–Crippen MR) is 119 cm³/mol. The van der Waals surface area contributed by atoms with Gasteiger partial charge in [0.2, 0.25) is 10.0 Å². The lowest BCUT2D eigenvalue weighted by atomic mass is 9.98.